The third-order valence-electron chi connectivity index (χ3n) is 3.01. The first-order chi connectivity index (χ1) is 9.99. The number of hydrogen-bond donors (Lipinski definition) is 0. The number of aromatic nitrogens is 1. The average Bonchev–Trinajstić information content (AvgIpc) is 2.85. The number of carbonyl (C=O) groups excluding carboxylic acids is 1. The Balaban J connectivity index is 2.03. The molecule has 0 bridgehead atoms. The third kappa shape index (κ3) is 4.36. The Morgan fingerprint density at radius 2 is 2.19 bits per heavy atom. The van der Waals surface area contributed by atoms with E-state index in [2.05, 4.69) is 38.2 Å². The minimum absolute atomic E-state index is 0.325. The van der Waals surface area contributed by atoms with Crippen molar-refractivity contribution >= 4 is 33.2 Å². The average molecular weight is 369 g/mol. The molecule has 1 aromatic heterocycles. The van der Waals surface area contributed by atoms with Crippen LogP contribution >= 0.6 is 27.3 Å². The Morgan fingerprint density at radius 3 is 2.76 bits per heavy atom. The van der Waals surface area contributed by atoms with Crippen LogP contribution in [0.2, 0.25) is 0 Å². The molecule has 112 valence electrons. The van der Waals surface area contributed by atoms with Gasteiger partial charge in [0.2, 0.25) is 0 Å². The molecule has 0 saturated heterocycles. The number of carbonyl (C=O) groups is 1. The molecule has 0 aliphatic heterocycles. The molecular weight excluding hydrogens is 352 g/mol. The van der Waals surface area contributed by atoms with Crippen molar-refractivity contribution in [1.29, 1.82) is 0 Å². The maximum atomic E-state index is 11.5. The van der Waals surface area contributed by atoms with E-state index >= 15 is 0 Å². The highest BCUT2D eigenvalue weighted by Crippen LogP contribution is 2.21. The largest absolute Gasteiger partial charge is 0.465 e. The molecule has 0 spiro atoms. The molecule has 0 saturated carbocycles. The van der Waals surface area contributed by atoms with E-state index in [-0.39, 0.29) is 5.97 Å². The molecule has 2 rings (SSSR count). The zero-order valence-corrected chi connectivity index (χ0v) is 14.6. The lowest BCUT2D eigenvalue weighted by Crippen LogP contribution is -2.18. The second-order valence-corrected chi connectivity index (χ2v) is 6.74. The summed E-state index contributed by atoms with van der Waals surface area (Å²) in [6.07, 6.45) is 0. The number of esters is 1. The minimum Gasteiger partial charge on any atom is -0.465 e. The van der Waals surface area contributed by atoms with E-state index in [1.165, 1.54) is 7.11 Å². The van der Waals surface area contributed by atoms with Crippen LogP contribution in [0.3, 0.4) is 0 Å². The van der Waals surface area contributed by atoms with Gasteiger partial charge in [-0.25, -0.2) is 9.78 Å². The first kappa shape index (κ1) is 16.1. The first-order valence-corrected chi connectivity index (χ1v) is 8.13. The summed E-state index contributed by atoms with van der Waals surface area (Å²) < 4.78 is 5.63. The summed E-state index contributed by atoms with van der Waals surface area (Å²) in [6.45, 7) is 3.59. The van der Waals surface area contributed by atoms with Crippen molar-refractivity contribution in [2.45, 2.75) is 20.0 Å². The Hall–Kier alpha value is -1.24. The molecular formula is C15H17BrN2O2S. The summed E-state index contributed by atoms with van der Waals surface area (Å²) in [5.74, 6) is -0.325. The van der Waals surface area contributed by atoms with E-state index in [9.17, 15) is 4.79 Å². The van der Waals surface area contributed by atoms with E-state index < -0.39 is 0 Å². The van der Waals surface area contributed by atoms with Gasteiger partial charge in [0, 0.05) is 22.9 Å². The summed E-state index contributed by atoms with van der Waals surface area (Å²) in [7, 11) is 3.43. The molecule has 21 heavy (non-hydrogen) atoms. The van der Waals surface area contributed by atoms with Gasteiger partial charge in [-0.05, 0) is 31.7 Å². The summed E-state index contributed by atoms with van der Waals surface area (Å²) in [5, 5.41) is 3.17. The third-order valence-corrected chi connectivity index (χ3v) is 4.57. The van der Waals surface area contributed by atoms with Crippen LogP contribution < -0.4 is 0 Å². The van der Waals surface area contributed by atoms with Gasteiger partial charge < -0.3 is 4.74 Å². The number of ether oxygens (including phenoxy) is 1. The SMILES string of the molecule is COC(=O)c1ccc(CN(C)Cc2csc(C)n2)c(Br)c1. The van der Waals surface area contributed by atoms with Gasteiger partial charge in [0.05, 0.1) is 23.4 Å². The fraction of sp³-hybridized carbons (Fsp3) is 0.333. The Labute approximate surface area is 136 Å². The van der Waals surface area contributed by atoms with E-state index in [0.29, 0.717) is 5.56 Å². The molecule has 1 aromatic carbocycles. The highest BCUT2D eigenvalue weighted by molar-refractivity contribution is 9.10. The van der Waals surface area contributed by atoms with E-state index in [0.717, 1.165) is 33.8 Å². The smallest absolute Gasteiger partial charge is 0.337 e. The van der Waals surface area contributed by atoms with Crippen molar-refractivity contribution in [2.75, 3.05) is 14.2 Å². The molecule has 0 amide bonds. The van der Waals surface area contributed by atoms with Gasteiger partial charge in [-0.15, -0.1) is 11.3 Å². The maximum absolute atomic E-state index is 11.5. The predicted octanol–water partition coefficient (Wildman–Crippen LogP) is 3.63. The monoisotopic (exact) mass is 368 g/mol. The Kier molecular flexibility index (Phi) is 5.50. The lowest BCUT2D eigenvalue weighted by Gasteiger charge is -2.16. The normalized spacial score (nSPS) is 10.9. The number of hydrogen-bond acceptors (Lipinski definition) is 5. The van der Waals surface area contributed by atoms with Gasteiger partial charge in [0.25, 0.3) is 0 Å². The Morgan fingerprint density at radius 1 is 1.43 bits per heavy atom. The van der Waals surface area contributed by atoms with Crippen LogP contribution in [-0.2, 0) is 17.8 Å². The van der Waals surface area contributed by atoms with Crippen LogP contribution in [0.25, 0.3) is 0 Å². The lowest BCUT2D eigenvalue weighted by atomic mass is 10.1. The fourth-order valence-electron chi connectivity index (χ4n) is 2.02. The summed E-state index contributed by atoms with van der Waals surface area (Å²) in [5.41, 5.74) is 2.75. The van der Waals surface area contributed by atoms with Crippen LogP contribution in [0.5, 0.6) is 0 Å². The van der Waals surface area contributed by atoms with Crippen molar-refractivity contribution in [2.24, 2.45) is 0 Å². The lowest BCUT2D eigenvalue weighted by molar-refractivity contribution is 0.0600. The van der Waals surface area contributed by atoms with Gasteiger partial charge in [-0.2, -0.15) is 0 Å². The van der Waals surface area contributed by atoms with Crippen LogP contribution in [0, 0.1) is 6.92 Å². The second kappa shape index (κ2) is 7.15. The molecule has 1 heterocycles. The van der Waals surface area contributed by atoms with Crippen LogP contribution in [0.1, 0.15) is 26.6 Å². The number of nitrogens with zero attached hydrogens (tertiary/aromatic N) is 2. The summed E-state index contributed by atoms with van der Waals surface area (Å²) in [4.78, 5) is 18.1. The number of rotatable bonds is 5. The van der Waals surface area contributed by atoms with Crippen LogP contribution in [0.4, 0.5) is 0 Å². The molecule has 0 aliphatic rings. The number of methoxy groups -OCH3 is 1. The molecule has 0 fully saturated rings. The van der Waals surface area contributed by atoms with E-state index in [1.807, 2.05) is 13.0 Å². The second-order valence-electron chi connectivity index (χ2n) is 4.83. The summed E-state index contributed by atoms with van der Waals surface area (Å²) >= 11 is 5.18. The first-order valence-electron chi connectivity index (χ1n) is 6.46. The minimum atomic E-state index is -0.325. The van der Waals surface area contributed by atoms with Gasteiger partial charge in [-0.3, -0.25) is 4.90 Å². The standard InChI is InChI=1S/C15H17BrN2O2S/c1-10-17-13(9-21-10)8-18(2)7-12-5-4-11(6-14(12)16)15(19)20-3/h4-6,9H,7-8H2,1-3H3. The van der Waals surface area contributed by atoms with Crippen molar-refractivity contribution < 1.29 is 9.53 Å². The molecule has 4 nitrogen and oxygen atoms in total. The van der Waals surface area contributed by atoms with E-state index in [1.54, 1.807) is 23.5 Å². The van der Waals surface area contributed by atoms with Crippen LogP contribution in [-0.4, -0.2) is 30.0 Å². The molecule has 0 atom stereocenters. The van der Waals surface area contributed by atoms with Crippen molar-refractivity contribution in [3.8, 4) is 0 Å². The van der Waals surface area contributed by atoms with Crippen LogP contribution in [0.15, 0.2) is 28.1 Å². The molecule has 0 radical (unpaired) electrons. The van der Waals surface area contributed by atoms with E-state index in [4.69, 9.17) is 4.74 Å². The van der Waals surface area contributed by atoms with Gasteiger partial charge in [0.1, 0.15) is 0 Å². The van der Waals surface area contributed by atoms with Crippen molar-refractivity contribution in [3.05, 3.63) is 49.9 Å². The maximum Gasteiger partial charge on any atom is 0.337 e. The number of thiazole rings is 1. The molecule has 0 aliphatic carbocycles. The van der Waals surface area contributed by atoms with Crippen molar-refractivity contribution in [1.82, 2.24) is 9.88 Å². The number of benzene rings is 1. The fourth-order valence-corrected chi connectivity index (χ4v) is 3.13. The molecule has 2 aromatic rings. The zero-order chi connectivity index (χ0) is 15.4. The molecule has 6 heteroatoms. The molecule has 0 unspecified atom stereocenters. The van der Waals surface area contributed by atoms with Crippen molar-refractivity contribution in [3.63, 3.8) is 0 Å². The number of aryl methyl sites for hydroxylation is 1. The van der Waals surface area contributed by atoms with Gasteiger partial charge >= 0.3 is 5.97 Å². The topological polar surface area (TPSA) is 42.4 Å². The van der Waals surface area contributed by atoms with Gasteiger partial charge in [0.15, 0.2) is 0 Å². The molecule has 0 N–H and O–H groups in total. The highest BCUT2D eigenvalue weighted by atomic mass is 79.9. The Bertz CT molecular complexity index is 642. The quantitative estimate of drug-likeness (QED) is 0.755. The van der Waals surface area contributed by atoms with Gasteiger partial charge in [-0.1, -0.05) is 22.0 Å². The number of halogens is 1. The summed E-state index contributed by atoms with van der Waals surface area (Å²) in [6, 6.07) is 5.52. The highest BCUT2D eigenvalue weighted by Gasteiger charge is 2.11. The predicted molar refractivity (Wildman–Crippen MR) is 87.5 cm³/mol. The zero-order valence-electron chi connectivity index (χ0n) is 12.2.